The van der Waals surface area contributed by atoms with Crippen molar-refractivity contribution in [1.29, 1.82) is 0 Å². The van der Waals surface area contributed by atoms with Gasteiger partial charge in [-0.05, 0) is 38.0 Å². The lowest BCUT2D eigenvalue weighted by molar-refractivity contribution is 0.523. The fourth-order valence-corrected chi connectivity index (χ4v) is 2.43. The van der Waals surface area contributed by atoms with E-state index in [4.69, 9.17) is 12.2 Å². The van der Waals surface area contributed by atoms with Gasteiger partial charge in [0.15, 0.2) is 4.77 Å². The van der Waals surface area contributed by atoms with Gasteiger partial charge in [-0.25, -0.2) is 0 Å². The topological polar surface area (TPSA) is 33.6 Å². The molecular formula is C14H19N3S. The number of H-pyrrole nitrogens is 1. The second kappa shape index (κ2) is 5.06. The number of aromatic nitrogens is 3. The van der Waals surface area contributed by atoms with Gasteiger partial charge < -0.3 is 4.57 Å². The second-order valence-corrected chi connectivity index (χ2v) is 5.38. The summed E-state index contributed by atoms with van der Waals surface area (Å²) in [7, 11) is 0. The van der Waals surface area contributed by atoms with Crippen LogP contribution in [0, 0.1) is 4.77 Å². The fourth-order valence-electron chi connectivity index (χ4n) is 2.21. The molecule has 0 amide bonds. The van der Waals surface area contributed by atoms with Crippen molar-refractivity contribution in [3.8, 4) is 0 Å². The Balaban J connectivity index is 2.51. The molecule has 3 nitrogen and oxygen atoms in total. The molecule has 0 saturated heterocycles. The van der Waals surface area contributed by atoms with Crippen LogP contribution < -0.4 is 0 Å². The first-order valence-corrected chi connectivity index (χ1v) is 6.69. The molecule has 0 aliphatic heterocycles. The first-order valence-electron chi connectivity index (χ1n) is 6.28. The van der Waals surface area contributed by atoms with Gasteiger partial charge >= 0.3 is 0 Å². The minimum atomic E-state index is -0.149. The van der Waals surface area contributed by atoms with E-state index in [1.807, 2.05) is 6.07 Å². The van der Waals surface area contributed by atoms with Gasteiger partial charge in [0.2, 0.25) is 0 Å². The van der Waals surface area contributed by atoms with E-state index in [0.717, 1.165) is 18.8 Å². The van der Waals surface area contributed by atoms with Gasteiger partial charge in [0.25, 0.3) is 0 Å². The summed E-state index contributed by atoms with van der Waals surface area (Å²) in [6.45, 7) is 7.41. The third-order valence-corrected chi connectivity index (χ3v) is 3.57. The molecule has 4 heteroatoms. The zero-order valence-electron chi connectivity index (χ0n) is 11.1. The highest BCUT2D eigenvalue weighted by atomic mass is 32.1. The predicted octanol–water partition coefficient (Wildman–Crippen LogP) is 3.68. The van der Waals surface area contributed by atoms with Gasteiger partial charge in [-0.1, -0.05) is 37.3 Å². The minimum Gasteiger partial charge on any atom is -0.303 e. The Bertz CT molecular complexity index is 566. The van der Waals surface area contributed by atoms with E-state index in [1.54, 1.807) is 0 Å². The van der Waals surface area contributed by atoms with Gasteiger partial charge in [-0.15, -0.1) is 0 Å². The Morgan fingerprint density at radius 1 is 1.28 bits per heavy atom. The third-order valence-electron chi connectivity index (χ3n) is 3.26. The van der Waals surface area contributed by atoms with Crippen LogP contribution in [0.1, 0.15) is 38.6 Å². The molecule has 0 radical (unpaired) electrons. The third kappa shape index (κ3) is 2.25. The van der Waals surface area contributed by atoms with Crippen LogP contribution in [-0.4, -0.2) is 14.8 Å². The summed E-state index contributed by atoms with van der Waals surface area (Å²) in [4.78, 5) is 0. The van der Waals surface area contributed by atoms with Gasteiger partial charge in [-0.3, -0.25) is 5.10 Å². The first-order chi connectivity index (χ1) is 8.57. The van der Waals surface area contributed by atoms with Crippen molar-refractivity contribution in [1.82, 2.24) is 14.8 Å². The maximum Gasteiger partial charge on any atom is 0.195 e. The molecule has 1 heterocycles. The molecule has 0 aliphatic carbocycles. The van der Waals surface area contributed by atoms with Crippen LogP contribution in [-0.2, 0) is 12.0 Å². The number of nitrogens with zero attached hydrogens (tertiary/aromatic N) is 2. The van der Waals surface area contributed by atoms with Gasteiger partial charge in [0, 0.05) is 12.0 Å². The monoisotopic (exact) mass is 261 g/mol. The number of aromatic amines is 1. The number of hydrogen-bond acceptors (Lipinski definition) is 2. The summed E-state index contributed by atoms with van der Waals surface area (Å²) in [5, 5.41) is 7.34. The van der Waals surface area contributed by atoms with Crippen LogP contribution in [0.25, 0.3) is 0 Å². The Morgan fingerprint density at radius 3 is 2.56 bits per heavy atom. The van der Waals surface area contributed by atoms with Crippen molar-refractivity contribution < 1.29 is 0 Å². The Labute approximate surface area is 113 Å². The normalized spacial score (nSPS) is 11.7. The maximum atomic E-state index is 5.30. The van der Waals surface area contributed by atoms with Crippen LogP contribution >= 0.6 is 12.2 Å². The Kier molecular flexibility index (Phi) is 3.66. The highest BCUT2D eigenvalue weighted by Gasteiger charge is 2.28. The molecule has 0 atom stereocenters. The van der Waals surface area contributed by atoms with E-state index in [1.165, 1.54) is 5.56 Å². The lowest BCUT2D eigenvalue weighted by atomic mass is 9.84. The van der Waals surface area contributed by atoms with Crippen molar-refractivity contribution in [2.75, 3.05) is 0 Å². The van der Waals surface area contributed by atoms with E-state index in [9.17, 15) is 0 Å². The predicted molar refractivity (Wildman–Crippen MR) is 76.3 cm³/mol. The highest BCUT2D eigenvalue weighted by Crippen LogP contribution is 2.29. The smallest absolute Gasteiger partial charge is 0.195 e. The lowest BCUT2D eigenvalue weighted by Crippen LogP contribution is -2.24. The van der Waals surface area contributed by atoms with E-state index >= 15 is 0 Å². The van der Waals surface area contributed by atoms with Crippen LogP contribution in [0.3, 0.4) is 0 Å². The maximum absolute atomic E-state index is 5.30. The van der Waals surface area contributed by atoms with E-state index in [0.29, 0.717) is 4.77 Å². The van der Waals surface area contributed by atoms with Crippen molar-refractivity contribution in [2.24, 2.45) is 0 Å². The summed E-state index contributed by atoms with van der Waals surface area (Å²) >= 11 is 5.30. The SMILES string of the molecule is CCCn1c(C(C)(C)c2ccccc2)n[nH]c1=S. The van der Waals surface area contributed by atoms with Crippen molar-refractivity contribution >= 4 is 12.2 Å². The Morgan fingerprint density at radius 2 is 1.94 bits per heavy atom. The summed E-state index contributed by atoms with van der Waals surface area (Å²) in [6, 6.07) is 10.4. The molecule has 0 unspecified atom stereocenters. The van der Waals surface area contributed by atoms with Crippen molar-refractivity contribution in [2.45, 2.75) is 39.2 Å². The molecule has 96 valence electrons. The molecule has 0 fully saturated rings. The number of rotatable bonds is 4. The molecule has 2 aromatic rings. The fraction of sp³-hybridized carbons (Fsp3) is 0.429. The quantitative estimate of drug-likeness (QED) is 0.852. The largest absolute Gasteiger partial charge is 0.303 e. The average Bonchev–Trinajstić information content (AvgIpc) is 2.73. The summed E-state index contributed by atoms with van der Waals surface area (Å²) in [5.74, 6) is 1.00. The summed E-state index contributed by atoms with van der Waals surface area (Å²) < 4.78 is 2.80. The number of nitrogens with one attached hydrogen (secondary N) is 1. The number of benzene rings is 1. The van der Waals surface area contributed by atoms with Gasteiger partial charge in [0.1, 0.15) is 5.82 Å². The lowest BCUT2D eigenvalue weighted by Gasteiger charge is -2.24. The molecule has 18 heavy (non-hydrogen) atoms. The molecule has 0 bridgehead atoms. The van der Waals surface area contributed by atoms with Gasteiger partial charge in [-0.2, -0.15) is 5.10 Å². The summed E-state index contributed by atoms with van der Waals surface area (Å²) in [5.41, 5.74) is 1.10. The highest BCUT2D eigenvalue weighted by molar-refractivity contribution is 7.71. The molecule has 1 aromatic carbocycles. The zero-order valence-corrected chi connectivity index (χ0v) is 11.9. The molecule has 2 rings (SSSR count). The molecule has 1 N–H and O–H groups in total. The number of hydrogen-bond donors (Lipinski definition) is 1. The Hall–Kier alpha value is -1.42. The van der Waals surface area contributed by atoms with Crippen molar-refractivity contribution in [3.63, 3.8) is 0 Å². The van der Waals surface area contributed by atoms with E-state index in [2.05, 4.69) is 59.8 Å². The molecule has 0 spiro atoms. The molecule has 0 saturated carbocycles. The molecule has 1 aromatic heterocycles. The van der Waals surface area contributed by atoms with Crippen LogP contribution in [0.4, 0.5) is 0 Å². The average molecular weight is 261 g/mol. The van der Waals surface area contributed by atoms with Crippen molar-refractivity contribution in [3.05, 3.63) is 46.5 Å². The minimum absolute atomic E-state index is 0.149. The molecular weight excluding hydrogens is 242 g/mol. The van der Waals surface area contributed by atoms with Gasteiger partial charge in [0.05, 0.1) is 0 Å². The first kappa shape index (κ1) is 13.0. The summed E-state index contributed by atoms with van der Waals surface area (Å²) in [6.07, 6.45) is 1.05. The van der Waals surface area contributed by atoms with Crippen LogP contribution in [0.15, 0.2) is 30.3 Å². The van der Waals surface area contributed by atoms with E-state index in [-0.39, 0.29) is 5.41 Å². The molecule has 0 aliphatic rings. The zero-order chi connectivity index (χ0) is 13.2. The second-order valence-electron chi connectivity index (χ2n) is 5.00. The van der Waals surface area contributed by atoms with Crippen LogP contribution in [0.2, 0.25) is 0 Å². The standard InChI is InChI=1S/C14H19N3S/c1-4-10-17-12(15-16-13(17)18)14(2,3)11-8-6-5-7-9-11/h5-9H,4,10H2,1-3H3,(H,16,18). The van der Waals surface area contributed by atoms with Crippen LogP contribution in [0.5, 0.6) is 0 Å². The van der Waals surface area contributed by atoms with E-state index < -0.39 is 0 Å².